The molecule has 0 saturated carbocycles. The van der Waals surface area contributed by atoms with Gasteiger partial charge in [0.05, 0.1) is 35.2 Å². The lowest BCUT2D eigenvalue weighted by Crippen LogP contribution is -2.59. The van der Waals surface area contributed by atoms with E-state index < -0.39 is 79.3 Å². The second-order valence-electron chi connectivity index (χ2n) is 19.9. The largest absolute Gasteiger partial charge is 0.491 e. The van der Waals surface area contributed by atoms with E-state index in [0.29, 0.717) is 61.2 Å². The number of amides is 3. The number of rotatable bonds is 16. The molecule has 5 heterocycles. The first-order chi connectivity index (χ1) is 33.5. The number of aromatic nitrogens is 6. The zero-order valence-electron chi connectivity index (χ0n) is 41.7. The van der Waals surface area contributed by atoms with Crippen molar-refractivity contribution in [3.63, 3.8) is 0 Å². The number of anilines is 4. The van der Waals surface area contributed by atoms with Crippen molar-refractivity contribution in [3.05, 3.63) is 71.9 Å². The minimum absolute atomic E-state index is 0.0355. The summed E-state index contributed by atoms with van der Waals surface area (Å²) in [6.07, 6.45) is 3.62. The standard InChI is InChI=1S/C48H63F2N13O7S/c1-27-28(2)59-60-41(27)58-42-32-21-38(71(67,68)48(7,8)9)37(22-35(32)54-26-55-42)69-19-18-61-14-16-62(17-15-61)46-52-23-31(24-53-46)70-30-20-36(44(65)56-39-33(49)12-11-13-34(39)50)63(25-30)45(66)40(47(4,5)6)57-43(64)29(3)51-10/h11-13,21-24,26,29-30,36,40,51H,14-20,25H2,1-10H3,(H,56,65)(H,57,64)(H2,54,55,58,59,60)/t29-,30-,36-,40+/m0/s1. The number of hydrogen-bond donors (Lipinski definition) is 5. The molecule has 382 valence electrons. The van der Waals surface area contributed by atoms with Gasteiger partial charge in [-0.2, -0.15) is 5.10 Å². The van der Waals surface area contributed by atoms with Gasteiger partial charge >= 0.3 is 0 Å². The second kappa shape index (κ2) is 21.0. The van der Waals surface area contributed by atoms with Gasteiger partial charge in [0.2, 0.25) is 23.7 Å². The van der Waals surface area contributed by atoms with E-state index in [1.165, 1.54) is 29.7 Å². The molecule has 2 aromatic carbocycles. The van der Waals surface area contributed by atoms with Crippen LogP contribution in [-0.2, 0) is 24.2 Å². The minimum Gasteiger partial charge on any atom is -0.491 e. The van der Waals surface area contributed by atoms with Crippen LogP contribution < -0.4 is 35.6 Å². The molecule has 0 aliphatic carbocycles. The predicted molar refractivity (Wildman–Crippen MR) is 263 cm³/mol. The van der Waals surface area contributed by atoms with Gasteiger partial charge < -0.3 is 40.5 Å². The van der Waals surface area contributed by atoms with Crippen molar-refractivity contribution in [2.75, 3.05) is 68.5 Å². The molecule has 0 unspecified atom stereocenters. The highest BCUT2D eigenvalue weighted by molar-refractivity contribution is 7.92. The van der Waals surface area contributed by atoms with E-state index in [4.69, 9.17) is 9.47 Å². The maximum atomic E-state index is 14.7. The van der Waals surface area contributed by atoms with E-state index in [1.54, 1.807) is 67.6 Å². The van der Waals surface area contributed by atoms with Gasteiger partial charge in [-0.15, -0.1) is 0 Å². The lowest BCUT2D eigenvalue weighted by molar-refractivity contribution is -0.143. The van der Waals surface area contributed by atoms with Crippen molar-refractivity contribution in [3.8, 4) is 11.5 Å². The summed E-state index contributed by atoms with van der Waals surface area (Å²) in [5.74, 6) is -1.86. The Morgan fingerprint density at radius 3 is 2.23 bits per heavy atom. The Hall–Kier alpha value is -6.59. The SMILES string of the molecule is CN[C@@H](C)C(=O)N[C@H](C(=O)N1C[C@@H](Oc2cnc(N3CCN(CCOc4cc5ncnc(Nc6n[nH]c(C)c6C)c5cc4S(=O)(=O)C(C)(C)C)CC3)nc2)C[C@H]1C(=O)Nc1c(F)cccc1F)C(C)(C)C. The average molecular weight is 1000 g/mol. The highest BCUT2D eigenvalue weighted by Crippen LogP contribution is 2.38. The van der Waals surface area contributed by atoms with Crippen LogP contribution in [0.5, 0.6) is 11.5 Å². The fourth-order valence-electron chi connectivity index (χ4n) is 8.13. The Balaban J connectivity index is 0.988. The van der Waals surface area contributed by atoms with Gasteiger partial charge in [0.15, 0.2) is 21.4 Å². The monoisotopic (exact) mass is 1000 g/mol. The van der Waals surface area contributed by atoms with E-state index in [0.717, 1.165) is 23.4 Å². The molecule has 0 radical (unpaired) electrons. The molecule has 2 aliphatic heterocycles. The third-order valence-electron chi connectivity index (χ3n) is 12.8. The molecule has 7 rings (SSSR count). The summed E-state index contributed by atoms with van der Waals surface area (Å²) in [5.41, 5.74) is 0.855. The molecule has 2 fully saturated rings. The summed E-state index contributed by atoms with van der Waals surface area (Å²) in [5, 5.41) is 19.0. The van der Waals surface area contributed by atoms with E-state index >= 15 is 0 Å². The number of likely N-dealkylation sites (tertiary alicyclic amines) is 1. The number of ether oxygens (including phenoxy) is 2. The number of nitrogens with zero attached hydrogens (tertiary/aromatic N) is 8. The number of fused-ring (bicyclic) bond motifs is 1. The highest BCUT2D eigenvalue weighted by atomic mass is 32.2. The Kier molecular flexibility index (Phi) is 15.5. The predicted octanol–water partition coefficient (Wildman–Crippen LogP) is 4.68. The number of carbonyl (C=O) groups is 3. The molecule has 5 aromatic rings. The van der Waals surface area contributed by atoms with E-state index in [9.17, 15) is 31.6 Å². The van der Waals surface area contributed by atoms with Gasteiger partial charge in [-0.25, -0.2) is 37.1 Å². The number of H-pyrrole nitrogens is 1. The summed E-state index contributed by atoms with van der Waals surface area (Å²) < 4.78 is 68.7. The molecule has 0 bridgehead atoms. The quantitative estimate of drug-likeness (QED) is 0.0902. The second-order valence-corrected chi connectivity index (χ2v) is 22.6. The van der Waals surface area contributed by atoms with Crippen LogP contribution in [0.15, 0.2) is 53.9 Å². The Bertz CT molecular complexity index is 2850. The van der Waals surface area contributed by atoms with Gasteiger partial charge in [-0.1, -0.05) is 26.8 Å². The number of likely N-dealkylation sites (N-methyl/N-ethyl adjacent to an activating group) is 1. The molecule has 3 amide bonds. The molecule has 20 nitrogen and oxygen atoms in total. The van der Waals surface area contributed by atoms with E-state index in [2.05, 4.69) is 56.3 Å². The summed E-state index contributed by atoms with van der Waals surface area (Å²) >= 11 is 0. The third kappa shape index (κ3) is 11.6. The molecule has 5 N–H and O–H groups in total. The zero-order chi connectivity index (χ0) is 51.6. The summed E-state index contributed by atoms with van der Waals surface area (Å²) in [6.45, 7) is 18.8. The zero-order valence-corrected chi connectivity index (χ0v) is 42.5. The molecular weight excluding hydrogens is 941 g/mol. The first-order valence-corrected chi connectivity index (χ1v) is 24.9. The Morgan fingerprint density at radius 2 is 1.62 bits per heavy atom. The van der Waals surface area contributed by atoms with Crippen LogP contribution in [0.25, 0.3) is 10.9 Å². The normalized spacial score (nSPS) is 17.7. The molecule has 2 saturated heterocycles. The molecule has 0 spiro atoms. The van der Waals surface area contributed by atoms with Crippen molar-refractivity contribution < 1.29 is 41.1 Å². The van der Waals surface area contributed by atoms with Gasteiger partial charge in [0, 0.05) is 61.9 Å². The van der Waals surface area contributed by atoms with Crippen LogP contribution in [0.1, 0.15) is 66.1 Å². The summed E-state index contributed by atoms with van der Waals surface area (Å²) in [4.78, 5) is 64.6. The molecule has 2 aliphatic rings. The van der Waals surface area contributed by atoms with Gasteiger partial charge in [-0.05, 0) is 72.2 Å². The van der Waals surface area contributed by atoms with E-state index in [-0.39, 0.29) is 36.0 Å². The van der Waals surface area contributed by atoms with Gasteiger partial charge in [0.25, 0.3) is 0 Å². The first-order valence-electron chi connectivity index (χ1n) is 23.4. The Labute approximate surface area is 412 Å². The number of sulfone groups is 1. The number of benzene rings is 2. The number of aromatic amines is 1. The van der Waals surface area contributed by atoms with E-state index in [1.807, 2.05) is 18.7 Å². The van der Waals surface area contributed by atoms with Crippen molar-refractivity contribution in [1.29, 1.82) is 0 Å². The fraction of sp³-hybridized carbons (Fsp3) is 0.500. The minimum atomic E-state index is -3.88. The number of hydrogen-bond acceptors (Lipinski definition) is 16. The fourth-order valence-corrected chi connectivity index (χ4v) is 9.44. The first kappa shape index (κ1) is 52.2. The van der Waals surface area contributed by atoms with Crippen LogP contribution in [0.4, 0.5) is 32.1 Å². The maximum Gasteiger partial charge on any atom is 0.247 e. The molecule has 71 heavy (non-hydrogen) atoms. The van der Waals surface area contributed by atoms with Crippen LogP contribution in [0.3, 0.4) is 0 Å². The number of para-hydroxylation sites is 1. The smallest absolute Gasteiger partial charge is 0.247 e. The lowest BCUT2D eigenvalue weighted by Gasteiger charge is -2.35. The topological polar surface area (TPSA) is 242 Å². The number of nitrogens with one attached hydrogen (secondary N) is 5. The van der Waals surface area contributed by atoms with Crippen molar-refractivity contribution >= 4 is 61.7 Å². The lowest BCUT2D eigenvalue weighted by atomic mass is 9.85. The van der Waals surface area contributed by atoms with Gasteiger partial charge in [0.1, 0.15) is 64.9 Å². The molecular formula is C48H63F2N13O7S. The molecule has 4 atom stereocenters. The number of halogens is 2. The van der Waals surface area contributed by atoms with Crippen LogP contribution in [0.2, 0.25) is 0 Å². The molecule has 3 aromatic heterocycles. The number of piperazine rings is 1. The van der Waals surface area contributed by atoms with Crippen LogP contribution >= 0.6 is 0 Å². The summed E-state index contributed by atoms with van der Waals surface area (Å²) in [6, 6.07) is 3.51. The Morgan fingerprint density at radius 1 is 0.944 bits per heavy atom. The maximum absolute atomic E-state index is 14.7. The molecule has 23 heteroatoms. The van der Waals surface area contributed by atoms with Crippen LogP contribution in [-0.4, -0.2) is 148 Å². The van der Waals surface area contributed by atoms with Crippen molar-refractivity contribution in [1.82, 2.24) is 50.6 Å². The summed E-state index contributed by atoms with van der Waals surface area (Å²) in [7, 11) is -2.26. The van der Waals surface area contributed by atoms with Gasteiger partial charge in [-0.3, -0.25) is 24.4 Å². The number of carbonyl (C=O) groups excluding carboxylic acids is 3. The average Bonchev–Trinajstić information content (AvgIpc) is 3.89. The van der Waals surface area contributed by atoms with Crippen molar-refractivity contribution in [2.24, 2.45) is 5.41 Å². The van der Waals surface area contributed by atoms with Crippen LogP contribution in [0, 0.1) is 30.9 Å². The number of aryl methyl sites for hydroxylation is 1. The highest BCUT2D eigenvalue weighted by Gasteiger charge is 2.46. The third-order valence-corrected chi connectivity index (χ3v) is 15.3. The van der Waals surface area contributed by atoms with Crippen molar-refractivity contribution in [2.45, 2.75) is 103 Å².